The van der Waals surface area contributed by atoms with Gasteiger partial charge in [0.2, 0.25) is 0 Å². The summed E-state index contributed by atoms with van der Waals surface area (Å²) in [5.41, 5.74) is 3.36. The first-order chi connectivity index (χ1) is 23.5. The summed E-state index contributed by atoms with van der Waals surface area (Å²) in [6, 6.07) is 33.1. The summed E-state index contributed by atoms with van der Waals surface area (Å²) in [6.07, 6.45) is 5.06. The topological polar surface area (TPSA) is 23.8 Å². The molecule has 4 aromatic carbocycles. The lowest BCUT2D eigenvalue weighted by atomic mass is 9.64. The van der Waals surface area contributed by atoms with Gasteiger partial charge in [-0.2, -0.15) is 18.4 Å². The third kappa shape index (κ3) is 13.4. The lowest BCUT2D eigenvalue weighted by molar-refractivity contribution is -0.137. The van der Waals surface area contributed by atoms with Gasteiger partial charge in [0, 0.05) is 4.90 Å². The molecule has 0 amide bonds. The molecule has 0 aliphatic heterocycles. The van der Waals surface area contributed by atoms with Crippen molar-refractivity contribution in [2.45, 2.75) is 90.1 Å². The van der Waals surface area contributed by atoms with Crippen LogP contribution in [-0.4, -0.2) is 6.26 Å². The van der Waals surface area contributed by atoms with Crippen LogP contribution in [0.3, 0.4) is 0 Å². The quantitative estimate of drug-likeness (QED) is 0.116. The van der Waals surface area contributed by atoms with E-state index >= 15 is 0 Å². The first kappa shape index (κ1) is 43.0. The first-order valence-corrected chi connectivity index (χ1v) is 18.3. The fourth-order valence-corrected chi connectivity index (χ4v) is 6.31. The van der Waals surface area contributed by atoms with Gasteiger partial charge >= 0.3 is 6.18 Å². The van der Waals surface area contributed by atoms with Crippen LogP contribution in [-0.2, 0) is 24.4 Å². The van der Waals surface area contributed by atoms with E-state index in [-0.39, 0.29) is 11.5 Å². The molecular formula is C44H54F3NS. The van der Waals surface area contributed by atoms with Crippen molar-refractivity contribution in [3.8, 4) is 17.2 Å². The van der Waals surface area contributed by atoms with Crippen molar-refractivity contribution in [1.82, 2.24) is 0 Å². The number of halogens is 3. The number of thioether (sulfide) groups is 1. The van der Waals surface area contributed by atoms with Gasteiger partial charge in [-0.15, -0.1) is 24.9 Å². The molecule has 5 heteroatoms. The SMILES string of the molecule is C=CC.C=CC.CC.CCCC(CCc1ccccc1)[C@](C)(Cc1cccc(-c2ccc(SC)cc2)c1)c1ccc(C#N)c(C(F)(F)F)c1. The normalized spacial score (nSPS) is 12.2. The van der Waals surface area contributed by atoms with Gasteiger partial charge in [0.1, 0.15) is 0 Å². The zero-order chi connectivity index (χ0) is 36.9. The van der Waals surface area contributed by atoms with E-state index in [1.807, 2.05) is 58.2 Å². The summed E-state index contributed by atoms with van der Waals surface area (Å²) in [6.45, 7) is 18.7. The zero-order valence-corrected chi connectivity index (χ0v) is 31.2. The van der Waals surface area contributed by atoms with Crippen LogP contribution < -0.4 is 0 Å². The van der Waals surface area contributed by atoms with E-state index in [1.54, 1.807) is 36.0 Å². The highest BCUT2D eigenvalue weighted by Crippen LogP contribution is 2.44. The Bertz CT molecular complexity index is 1560. The number of alkyl halides is 3. The van der Waals surface area contributed by atoms with Gasteiger partial charge in [-0.1, -0.05) is 119 Å². The van der Waals surface area contributed by atoms with E-state index in [2.05, 4.69) is 81.6 Å². The van der Waals surface area contributed by atoms with Crippen molar-refractivity contribution in [2.24, 2.45) is 5.92 Å². The van der Waals surface area contributed by atoms with E-state index in [9.17, 15) is 18.4 Å². The fraction of sp³-hybridized carbons (Fsp3) is 0.341. The van der Waals surface area contributed by atoms with Gasteiger partial charge in [0.05, 0.1) is 17.2 Å². The number of aryl methyl sites for hydroxylation is 1. The highest BCUT2D eigenvalue weighted by atomic mass is 32.2. The average Bonchev–Trinajstić information content (AvgIpc) is 3.11. The number of nitrogens with zero attached hydrogens (tertiary/aromatic N) is 1. The standard InChI is InChI=1S/C36H36F3NS.2C3H6.C2H6/c1-4-9-31(18-14-26-10-6-5-7-11-26)35(2,32-19-15-30(25-40)34(23-32)36(37,38)39)24-27-12-8-13-29(22-27)28-16-20-33(41-3)21-17-28;2*1-3-2;1-2/h5-8,10-13,15-17,19-23,31H,4,9,14,18,24H2,1-3H3;2*3H,1H2,2H3;1-2H3/t31?,35-;;;/m0.../s1. The Morgan fingerprint density at radius 3 is 1.92 bits per heavy atom. The second kappa shape index (κ2) is 22.6. The lowest BCUT2D eigenvalue weighted by Crippen LogP contribution is -2.35. The molecule has 4 aromatic rings. The molecule has 0 spiro atoms. The lowest BCUT2D eigenvalue weighted by Gasteiger charge is -2.40. The molecule has 262 valence electrons. The van der Waals surface area contributed by atoms with Crippen LogP contribution in [0.25, 0.3) is 11.1 Å². The monoisotopic (exact) mass is 685 g/mol. The first-order valence-electron chi connectivity index (χ1n) is 17.0. The summed E-state index contributed by atoms with van der Waals surface area (Å²) >= 11 is 1.70. The minimum atomic E-state index is -4.60. The van der Waals surface area contributed by atoms with Gasteiger partial charge in [0.25, 0.3) is 0 Å². The molecule has 0 fully saturated rings. The molecule has 1 unspecified atom stereocenters. The molecule has 49 heavy (non-hydrogen) atoms. The largest absolute Gasteiger partial charge is 0.417 e. The Morgan fingerprint density at radius 1 is 0.796 bits per heavy atom. The highest BCUT2D eigenvalue weighted by molar-refractivity contribution is 7.98. The van der Waals surface area contributed by atoms with E-state index in [0.29, 0.717) is 12.0 Å². The summed E-state index contributed by atoms with van der Waals surface area (Å²) in [4.78, 5) is 1.19. The predicted octanol–water partition coefficient (Wildman–Crippen LogP) is 13.9. The van der Waals surface area contributed by atoms with Gasteiger partial charge in [0.15, 0.2) is 0 Å². The Labute approximate surface area is 299 Å². The number of rotatable bonds is 11. The second-order valence-corrected chi connectivity index (χ2v) is 12.6. The van der Waals surface area contributed by atoms with Crippen molar-refractivity contribution < 1.29 is 13.2 Å². The van der Waals surface area contributed by atoms with Crippen molar-refractivity contribution in [2.75, 3.05) is 6.26 Å². The maximum absolute atomic E-state index is 14.1. The molecular weight excluding hydrogens is 632 g/mol. The van der Waals surface area contributed by atoms with Crippen LogP contribution in [0.15, 0.2) is 127 Å². The van der Waals surface area contributed by atoms with Crippen molar-refractivity contribution in [1.29, 1.82) is 5.26 Å². The molecule has 0 saturated heterocycles. The Balaban J connectivity index is 0.00000137. The van der Waals surface area contributed by atoms with Crippen LogP contribution in [0.5, 0.6) is 0 Å². The number of hydrogen-bond donors (Lipinski definition) is 0. The third-order valence-electron chi connectivity index (χ3n) is 8.19. The van der Waals surface area contributed by atoms with E-state index < -0.39 is 17.2 Å². The van der Waals surface area contributed by atoms with Crippen LogP contribution >= 0.6 is 11.8 Å². The fourth-order valence-electron chi connectivity index (χ4n) is 5.90. The molecule has 4 rings (SSSR count). The van der Waals surface area contributed by atoms with Crippen LogP contribution in [0.2, 0.25) is 0 Å². The molecule has 0 N–H and O–H groups in total. The number of nitriles is 1. The predicted molar refractivity (Wildman–Crippen MR) is 207 cm³/mol. The van der Waals surface area contributed by atoms with Crippen molar-refractivity contribution in [3.05, 3.63) is 150 Å². The average molecular weight is 686 g/mol. The van der Waals surface area contributed by atoms with E-state index in [0.717, 1.165) is 42.4 Å². The molecule has 0 aromatic heterocycles. The number of allylic oxidation sites excluding steroid dienone is 2. The second-order valence-electron chi connectivity index (χ2n) is 11.7. The van der Waals surface area contributed by atoms with Crippen LogP contribution in [0.4, 0.5) is 13.2 Å². The molecule has 0 bridgehead atoms. The Hall–Kier alpha value is -4.01. The molecule has 0 aliphatic rings. The Kier molecular flexibility index (Phi) is 19.8. The molecule has 1 nitrogen and oxygen atoms in total. The molecule has 0 heterocycles. The van der Waals surface area contributed by atoms with Crippen LogP contribution in [0.1, 0.15) is 88.6 Å². The van der Waals surface area contributed by atoms with E-state index in [4.69, 9.17) is 0 Å². The third-order valence-corrected chi connectivity index (χ3v) is 8.93. The zero-order valence-electron chi connectivity index (χ0n) is 30.4. The van der Waals surface area contributed by atoms with Gasteiger partial charge in [-0.05, 0) is 109 Å². The van der Waals surface area contributed by atoms with Gasteiger partial charge in [-0.3, -0.25) is 0 Å². The highest BCUT2D eigenvalue weighted by Gasteiger charge is 2.39. The number of hydrogen-bond acceptors (Lipinski definition) is 2. The van der Waals surface area contributed by atoms with Crippen molar-refractivity contribution >= 4 is 11.8 Å². The van der Waals surface area contributed by atoms with Gasteiger partial charge in [-0.25, -0.2) is 0 Å². The molecule has 0 saturated carbocycles. The smallest absolute Gasteiger partial charge is 0.192 e. The Morgan fingerprint density at radius 2 is 1.39 bits per heavy atom. The minimum absolute atomic E-state index is 0.131. The maximum Gasteiger partial charge on any atom is 0.417 e. The maximum atomic E-state index is 14.1. The minimum Gasteiger partial charge on any atom is -0.192 e. The molecule has 2 atom stereocenters. The van der Waals surface area contributed by atoms with Gasteiger partial charge < -0.3 is 0 Å². The summed E-state index contributed by atoms with van der Waals surface area (Å²) in [5, 5.41) is 9.43. The van der Waals surface area contributed by atoms with Crippen molar-refractivity contribution in [3.63, 3.8) is 0 Å². The summed E-state index contributed by atoms with van der Waals surface area (Å²) < 4.78 is 42.3. The molecule has 0 radical (unpaired) electrons. The summed E-state index contributed by atoms with van der Waals surface area (Å²) in [5.74, 6) is 0.131. The molecule has 0 aliphatic carbocycles. The summed E-state index contributed by atoms with van der Waals surface area (Å²) in [7, 11) is 0. The van der Waals surface area contributed by atoms with E-state index in [1.165, 1.54) is 22.6 Å². The van der Waals surface area contributed by atoms with Crippen LogP contribution in [0, 0.1) is 17.2 Å². The number of benzene rings is 4.